The van der Waals surface area contributed by atoms with E-state index in [0.29, 0.717) is 31.2 Å². The summed E-state index contributed by atoms with van der Waals surface area (Å²) in [5.74, 6) is 0.668. The van der Waals surface area contributed by atoms with E-state index in [1.54, 1.807) is 0 Å². The fourth-order valence-corrected chi connectivity index (χ4v) is 2.02. The van der Waals surface area contributed by atoms with Crippen LogP contribution in [0.4, 0.5) is 0 Å². The first-order valence-electron chi connectivity index (χ1n) is 7.80. The lowest BCUT2D eigenvalue weighted by molar-refractivity contribution is 0.0498. The summed E-state index contributed by atoms with van der Waals surface area (Å²) in [7, 11) is 2.78. The zero-order chi connectivity index (χ0) is 18.7. The van der Waals surface area contributed by atoms with E-state index in [9.17, 15) is 9.90 Å². The highest BCUT2D eigenvalue weighted by Gasteiger charge is 2.16. The first kappa shape index (κ1) is 20.8. The van der Waals surface area contributed by atoms with Gasteiger partial charge < -0.3 is 30.4 Å². The monoisotopic (exact) mass is 371 g/mol. The highest BCUT2D eigenvalue weighted by molar-refractivity contribution is 7.80. The number of phenols is 1. The first-order chi connectivity index (χ1) is 12.0. The largest absolute Gasteiger partial charge is 0.502 e. The first-order valence-corrected chi connectivity index (χ1v) is 8.43. The Hall–Kier alpha value is -2.29. The summed E-state index contributed by atoms with van der Waals surface area (Å²) in [6.07, 6.45) is 1.39. The van der Waals surface area contributed by atoms with E-state index >= 15 is 0 Å². The summed E-state index contributed by atoms with van der Waals surface area (Å²) < 4.78 is 15.2. The van der Waals surface area contributed by atoms with E-state index in [-0.39, 0.29) is 29.4 Å². The van der Waals surface area contributed by atoms with Crippen molar-refractivity contribution in [1.82, 2.24) is 5.32 Å². The van der Waals surface area contributed by atoms with Gasteiger partial charge in [-0.3, -0.25) is 4.99 Å². The van der Waals surface area contributed by atoms with Crippen molar-refractivity contribution in [2.45, 2.75) is 12.8 Å². The van der Waals surface area contributed by atoms with Gasteiger partial charge in [-0.05, 0) is 25.0 Å². The van der Waals surface area contributed by atoms with Gasteiger partial charge in [0.15, 0.2) is 17.5 Å². The molecule has 0 spiro atoms. The average Bonchev–Trinajstić information content (AvgIpc) is 2.62. The van der Waals surface area contributed by atoms with Gasteiger partial charge in [0, 0.05) is 18.8 Å². The molecule has 0 unspecified atom stereocenters. The molecule has 4 N–H and O–H groups in total. The maximum Gasteiger partial charge on any atom is 0.338 e. The van der Waals surface area contributed by atoms with Gasteiger partial charge >= 0.3 is 5.97 Å². The summed E-state index contributed by atoms with van der Waals surface area (Å²) >= 11 is 4.06. The number of aromatic hydroxyl groups is 1. The molecule has 0 aromatic heterocycles. The molecule has 0 saturated heterocycles. The van der Waals surface area contributed by atoms with Crippen molar-refractivity contribution in [3.05, 3.63) is 17.7 Å². The minimum atomic E-state index is -0.518. The zero-order valence-electron chi connectivity index (χ0n) is 14.4. The normalized spacial score (nSPS) is 11.1. The fraction of sp³-hybridized carbons (Fsp3) is 0.500. The van der Waals surface area contributed by atoms with Gasteiger partial charge in [0.05, 0.1) is 26.4 Å². The fourth-order valence-electron chi connectivity index (χ4n) is 1.91. The Morgan fingerprint density at radius 1 is 1.28 bits per heavy atom. The van der Waals surface area contributed by atoms with Gasteiger partial charge in [0.1, 0.15) is 0 Å². The SMILES string of the molecule is COc1cc(C(=O)OCCCCN=C(N)NCCS)cc(OC)c1O. The van der Waals surface area contributed by atoms with Crippen LogP contribution in [0.25, 0.3) is 0 Å². The molecule has 25 heavy (non-hydrogen) atoms. The number of carbonyl (C=O) groups excluding carboxylic acids is 1. The van der Waals surface area contributed by atoms with Crippen molar-refractivity contribution < 1.29 is 24.1 Å². The van der Waals surface area contributed by atoms with Crippen LogP contribution in [0.3, 0.4) is 0 Å². The number of benzene rings is 1. The second-order valence-electron chi connectivity index (χ2n) is 4.99. The van der Waals surface area contributed by atoms with Crippen LogP contribution in [0.5, 0.6) is 17.2 Å². The average molecular weight is 371 g/mol. The van der Waals surface area contributed by atoms with Crippen molar-refractivity contribution in [2.24, 2.45) is 10.7 Å². The molecule has 1 rings (SSSR count). The van der Waals surface area contributed by atoms with E-state index in [2.05, 4.69) is 22.9 Å². The molecule has 0 bridgehead atoms. The van der Waals surface area contributed by atoms with E-state index < -0.39 is 5.97 Å². The zero-order valence-corrected chi connectivity index (χ0v) is 15.3. The summed E-state index contributed by atoms with van der Waals surface area (Å²) in [6, 6.07) is 2.80. The highest BCUT2D eigenvalue weighted by Crippen LogP contribution is 2.37. The van der Waals surface area contributed by atoms with Gasteiger partial charge in [-0.2, -0.15) is 12.6 Å². The summed E-state index contributed by atoms with van der Waals surface area (Å²) in [4.78, 5) is 16.2. The van der Waals surface area contributed by atoms with Crippen LogP contribution in [0, 0.1) is 0 Å². The molecule has 0 amide bonds. The smallest absolute Gasteiger partial charge is 0.338 e. The molecule has 1 aromatic carbocycles. The number of esters is 1. The van der Waals surface area contributed by atoms with Gasteiger partial charge in [-0.15, -0.1) is 0 Å². The molecule has 9 heteroatoms. The molecule has 0 aliphatic carbocycles. The number of nitrogens with zero attached hydrogens (tertiary/aromatic N) is 1. The quantitative estimate of drug-likeness (QED) is 0.160. The minimum Gasteiger partial charge on any atom is -0.502 e. The molecule has 0 aliphatic rings. The summed E-state index contributed by atoms with van der Waals surface area (Å²) in [5, 5.41) is 12.7. The van der Waals surface area contributed by atoms with Crippen LogP contribution >= 0.6 is 12.6 Å². The number of ether oxygens (including phenoxy) is 3. The summed E-state index contributed by atoms with van der Waals surface area (Å²) in [6.45, 7) is 1.46. The Balaban J connectivity index is 2.42. The summed E-state index contributed by atoms with van der Waals surface area (Å²) in [5.41, 5.74) is 5.88. The number of methoxy groups -OCH3 is 2. The molecule has 140 valence electrons. The highest BCUT2D eigenvalue weighted by atomic mass is 32.1. The molecule has 0 radical (unpaired) electrons. The van der Waals surface area contributed by atoms with E-state index in [1.165, 1.54) is 26.4 Å². The van der Waals surface area contributed by atoms with E-state index in [0.717, 1.165) is 6.42 Å². The third kappa shape index (κ3) is 7.00. The van der Waals surface area contributed by atoms with Crippen LogP contribution in [0.2, 0.25) is 0 Å². The molecule has 0 heterocycles. The van der Waals surface area contributed by atoms with Crippen LogP contribution < -0.4 is 20.5 Å². The van der Waals surface area contributed by atoms with Gasteiger partial charge in [0.2, 0.25) is 5.75 Å². The lowest BCUT2D eigenvalue weighted by Gasteiger charge is -2.11. The Bertz CT molecular complexity index is 570. The third-order valence-corrected chi connectivity index (χ3v) is 3.42. The molecular weight excluding hydrogens is 346 g/mol. The van der Waals surface area contributed by atoms with E-state index in [1.807, 2.05) is 0 Å². The third-order valence-electron chi connectivity index (χ3n) is 3.20. The van der Waals surface area contributed by atoms with Crippen molar-refractivity contribution in [3.8, 4) is 17.2 Å². The van der Waals surface area contributed by atoms with Gasteiger partial charge in [-0.25, -0.2) is 4.79 Å². The molecule has 0 saturated carbocycles. The second-order valence-corrected chi connectivity index (χ2v) is 5.44. The number of rotatable bonds is 10. The number of hydrogen-bond acceptors (Lipinski definition) is 7. The predicted molar refractivity (Wildman–Crippen MR) is 99.1 cm³/mol. The maximum absolute atomic E-state index is 12.1. The van der Waals surface area contributed by atoms with Gasteiger partial charge in [0.25, 0.3) is 0 Å². The predicted octanol–water partition coefficient (Wildman–Crippen LogP) is 1.18. The second kappa shape index (κ2) is 11.3. The van der Waals surface area contributed by atoms with Crippen molar-refractivity contribution in [2.75, 3.05) is 39.7 Å². The maximum atomic E-state index is 12.1. The molecule has 0 atom stereocenters. The van der Waals surface area contributed by atoms with Crippen LogP contribution in [0.1, 0.15) is 23.2 Å². The number of hydrogen-bond donors (Lipinski definition) is 4. The number of unbranched alkanes of at least 4 members (excludes halogenated alkanes) is 1. The number of nitrogens with two attached hydrogens (primary N) is 1. The van der Waals surface area contributed by atoms with Crippen molar-refractivity contribution in [3.63, 3.8) is 0 Å². The van der Waals surface area contributed by atoms with E-state index in [4.69, 9.17) is 19.9 Å². The number of nitrogens with one attached hydrogen (secondary N) is 1. The van der Waals surface area contributed by atoms with Crippen LogP contribution in [-0.4, -0.2) is 56.7 Å². The topological polar surface area (TPSA) is 115 Å². The lowest BCUT2D eigenvalue weighted by Crippen LogP contribution is -2.33. The number of guanidine groups is 1. The molecule has 8 nitrogen and oxygen atoms in total. The molecule has 1 aromatic rings. The Morgan fingerprint density at radius 2 is 1.92 bits per heavy atom. The molecule has 0 fully saturated rings. The van der Waals surface area contributed by atoms with Crippen molar-refractivity contribution >= 4 is 24.6 Å². The Kier molecular flexibility index (Phi) is 9.38. The Labute approximate surface area is 152 Å². The number of thiol groups is 1. The van der Waals surface area contributed by atoms with Crippen LogP contribution in [0.15, 0.2) is 17.1 Å². The molecule has 0 aliphatic heterocycles. The number of carbonyl (C=O) groups is 1. The van der Waals surface area contributed by atoms with Gasteiger partial charge in [-0.1, -0.05) is 0 Å². The Morgan fingerprint density at radius 3 is 2.48 bits per heavy atom. The van der Waals surface area contributed by atoms with Crippen molar-refractivity contribution in [1.29, 1.82) is 0 Å². The molecular formula is C16H25N3O5S. The lowest BCUT2D eigenvalue weighted by atomic mass is 10.2. The van der Waals surface area contributed by atoms with Crippen LogP contribution in [-0.2, 0) is 4.74 Å². The minimum absolute atomic E-state index is 0.143. The number of phenolic OH excluding ortho intramolecular Hbond substituents is 1. The number of aliphatic imine (C=N–C) groups is 1. The standard InChI is InChI=1S/C16H25N3O5S/c1-22-12-9-11(10-13(23-2)14(12)20)15(21)24-7-4-3-5-18-16(17)19-6-8-25/h9-10,20,25H,3-8H2,1-2H3,(H3,17,18,19).